The molecule has 1 aliphatic rings. The molecule has 0 aliphatic heterocycles. The molecule has 0 heterocycles. The van der Waals surface area contributed by atoms with E-state index in [4.69, 9.17) is 0 Å². The van der Waals surface area contributed by atoms with Crippen LogP contribution in [-0.4, -0.2) is 0 Å². The highest BCUT2D eigenvalue weighted by atomic mass is 14.6. The molecule has 0 bridgehead atoms. The zero-order valence-electron chi connectivity index (χ0n) is 12.0. The second-order valence-corrected chi connectivity index (χ2v) is 7.07. The summed E-state index contributed by atoms with van der Waals surface area (Å²) in [6.07, 6.45) is 1.34. The van der Waals surface area contributed by atoms with Crippen LogP contribution in [0, 0.1) is 34.5 Å². The van der Waals surface area contributed by atoms with Gasteiger partial charge >= 0.3 is 0 Å². The van der Waals surface area contributed by atoms with Gasteiger partial charge in [0, 0.05) is 0 Å². The van der Waals surface area contributed by atoms with Gasteiger partial charge < -0.3 is 0 Å². The summed E-state index contributed by atoms with van der Waals surface area (Å²) in [5.41, 5.74) is 0.948. The third kappa shape index (κ3) is 1.65. The van der Waals surface area contributed by atoms with Crippen LogP contribution in [0.15, 0.2) is 0 Å². The number of rotatable bonds is 2. The third-order valence-corrected chi connectivity index (χ3v) is 5.93. The van der Waals surface area contributed by atoms with Crippen LogP contribution in [0.25, 0.3) is 0 Å². The average molecular weight is 210 g/mol. The molecule has 90 valence electrons. The molecular weight excluding hydrogens is 180 g/mol. The lowest BCUT2D eigenvalue weighted by atomic mass is 9.63. The molecule has 0 nitrogen and oxygen atoms in total. The van der Waals surface area contributed by atoms with Gasteiger partial charge in [-0.2, -0.15) is 0 Å². The van der Waals surface area contributed by atoms with E-state index >= 15 is 0 Å². The van der Waals surface area contributed by atoms with Gasteiger partial charge in [0.1, 0.15) is 0 Å². The van der Waals surface area contributed by atoms with Crippen LogP contribution < -0.4 is 0 Å². The maximum Gasteiger partial charge on any atom is -0.0267 e. The first-order valence-corrected chi connectivity index (χ1v) is 6.67. The molecule has 0 aromatic carbocycles. The fourth-order valence-corrected chi connectivity index (χ4v) is 4.33. The van der Waals surface area contributed by atoms with Gasteiger partial charge in [-0.15, -0.1) is 0 Å². The summed E-state index contributed by atoms with van der Waals surface area (Å²) in [5.74, 6) is 3.46. The molecule has 0 spiro atoms. The lowest BCUT2D eigenvalue weighted by Gasteiger charge is -2.42. The molecule has 1 aliphatic carbocycles. The molecule has 0 heteroatoms. The van der Waals surface area contributed by atoms with Crippen LogP contribution in [0.1, 0.15) is 61.8 Å². The van der Waals surface area contributed by atoms with Gasteiger partial charge in [-0.25, -0.2) is 0 Å². The van der Waals surface area contributed by atoms with Crippen molar-refractivity contribution >= 4 is 0 Å². The van der Waals surface area contributed by atoms with Crippen molar-refractivity contribution in [2.45, 2.75) is 61.8 Å². The molecule has 0 amide bonds. The smallest absolute Gasteiger partial charge is 0.0267 e. The molecule has 1 fully saturated rings. The normalized spacial score (nSPS) is 38.6. The molecule has 0 radical (unpaired) electrons. The van der Waals surface area contributed by atoms with E-state index in [1.807, 2.05) is 0 Å². The van der Waals surface area contributed by atoms with Crippen molar-refractivity contribution < 1.29 is 0 Å². The van der Waals surface area contributed by atoms with Crippen molar-refractivity contribution in [3.05, 3.63) is 0 Å². The lowest BCUT2D eigenvalue weighted by molar-refractivity contribution is 0.0627. The van der Waals surface area contributed by atoms with Crippen molar-refractivity contribution in [1.29, 1.82) is 0 Å². The van der Waals surface area contributed by atoms with Crippen LogP contribution in [-0.2, 0) is 0 Å². The predicted molar refractivity (Wildman–Crippen MR) is 68.8 cm³/mol. The predicted octanol–water partition coefficient (Wildman–Crippen LogP) is 4.99. The summed E-state index contributed by atoms with van der Waals surface area (Å²) in [4.78, 5) is 0. The first-order valence-electron chi connectivity index (χ1n) is 6.67. The van der Waals surface area contributed by atoms with Crippen molar-refractivity contribution in [3.8, 4) is 0 Å². The Morgan fingerprint density at radius 2 is 1.47 bits per heavy atom. The highest BCUT2D eigenvalue weighted by molar-refractivity contribution is 5.05. The highest BCUT2D eigenvalue weighted by Gasteiger charge is 2.57. The van der Waals surface area contributed by atoms with E-state index in [1.54, 1.807) is 0 Å². The van der Waals surface area contributed by atoms with E-state index < -0.39 is 0 Å². The molecule has 0 N–H and O–H groups in total. The molecule has 1 saturated carbocycles. The Labute approximate surface area is 96.8 Å². The average Bonchev–Trinajstić information content (AvgIpc) is 2.22. The van der Waals surface area contributed by atoms with Crippen molar-refractivity contribution in [3.63, 3.8) is 0 Å². The maximum absolute atomic E-state index is 2.49. The second kappa shape index (κ2) is 3.79. The summed E-state index contributed by atoms with van der Waals surface area (Å²) < 4.78 is 0. The van der Waals surface area contributed by atoms with Crippen LogP contribution in [0.3, 0.4) is 0 Å². The summed E-state index contributed by atoms with van der Waals surface area (Å²) in [6.45, 7) is 19.6. The minimum Gasteiger partial charge on any atom is -0.0651 e. The first kappa shape index (κ1) is 13.1. The Balaban J connectivity index is 3.15. The lowest BCUT2D eigenvalue weighted by Crippen LogP contribution is -2.36. The first-order chi connectivity index (χ1) is 6.67. The largest absolute Gasteiger partial charge is 0.0651 e. The zero-order chi connectivity index (χ0) is 12.0. The van der Waals surface area contributed by atoms with E-state index in [2.05, 4.69) is 55.4 Å². The molecule has 3 atom stereocenters. The molecule has 15 heavy (non-hydrogen) atoms. The van der Waals surface area contributed by atoms with Crippen LogP contribution >= 0.6 is 0 Å². The summed E-state index contributed by atoms with van der Waals surface area (Å²) in [7, 11) is 0. The molecule has 0 aromatic rings. The SMILES string of the molecule is CCC1C(C)C(C)(C)C(C)(C)C1C(C)C. The van der Waals surface area contributed by atoms with Gasteiger partial charge in [-0.05, 0) is 34.5 Å². The fraction of sp³-hybridized carbons (Fsp3) is 1.00. The van der Waals surface area contributed by atoms with Gasteiger partial charge in [0.05, 0.1) is 0 Å². The van der Waals surface area contributed by atoms with Crippen molar-refractivity contribution in [2.75, 3.05) is 0 Å². The van der Waals surface area contributed by atoms with Crippen molar-refractivity contribution in [1.82, 2.24) is 0 Å². The molecule has 0 saturated heterocycles. The monoisotopic (exact) mass is 210 g/mol. The fourth-order valence-electron chi connectivity index (χ4n) is 4.33. The topological polar surface area (TPSA) is 0 Å². The highest BCUT2D eigenvalue weighted by Crippen LogP contribution is 2.64. The Morgan fingerprint density at radius 1 is 1.00 bits per heavy atom. The molecular formula is C15H30. The maximum atomic E-state index is 2.49. The second-order valence-electron chi connectivity index (χ2n) is 7.07. The van der Waals surface area contributed by atoms with Crippen LogP contribution in [0.5, 0.6) is 0 Å². The summed E-state index contributed by atoms with van der Waals surface area (Å²) in [6, 6.07) is 0. The van der Waals surface area contributed by atoms with E-state index in [9.17, 15) is 0 Å². The van der Waals surface area contributed by atoms with Gasteiger partial charge in [-0.1, -0.05) is 61.8 Å². The standard InChI is InChI=1S/C15H30/c1-9-12-11(4)14(5,6)15(7,8)13(12)10(2)3/h10-13H,9H2,1-8H3. The minimum absolute atomic E-state index is 0.473. The van der Waals surface area contributed by atoms with E-state index in [1.165, 1.54) is 6.42 Å². The summed E-state index contributed by atoms with van der Waals surface area (Å²) >= 11 is 0. The van der Waals surface area contributed by atoms with Gasteiger partial charge in [0.2, 0.25) is 0 Å². The molecule has 0 aromatic heterocycles. The van der Waals surface area contributed by atoms with E-state index in [0.29, 0.717) is 10.8 Å². The van der Waals surface area contributed by atoms with Gasteiger partial charge in [-0.3, -0.25) is 0 Å². The van der Waals surface area contributed by atoms with Gasteiger partial charge in [0.25, 0.3) is 0 Å². The Bertz CT molecular complexity index is 222. The molecule has 3 unspecified atom stereocenters. The van der Waals surface area contributed by atoms with Crippen LogP contribution in [0.4, 0.5) is 0 Å². The Morgan fingerprint density at radius 3 is 1.73 bits per heavy atom. The zero-order valence-corrected chi connectivity index (χ0v) is 12.0. The molecule has 1 rings (SSSR count). The number of hydrogen-bond donors (Lipinski definition) is 0. The summed E-state index contributed by atoms with van der Waals surface area (Å²) in [5, 5.41) is 0. The third-order valence-electron chi connectivity index (χ3n) is 5.93. The van der Waals surface area contributed by atoms with E-state index in [-0.39, 0.29) is 0 Å². The van der Waals surface area contributed by atoms with Crippen LogP contribution in [0.2, 0.25) is 0 Å². The minimum atomic E-state index is 0.473. The Kier molecular flexibility index (Phi) is 3.30. The van der Waals surface area contributed by atoms with Gasteiger partial charge in [0.15, 0.2) is 0 Å². The van der Waals surface area contributed by atoms with E-state index in [0.717, 1.165) is 23.7 Å². The quantitative estimate of drug-likeness (QED) is 0.602. The Hall–Kier alpha value is 0. The van der Waals surface area contributed by atoms with Crippen molar-refractivity contribution in [2.24, 2.45) is 34.5 Å². The number of hydrogen-bond acceptors (Lipinski definition) is 0.